The number of anilines is 1. The van der Waals surface area contributed by atoms with Gasteiger partial charge in [-0.3, -0.25) is 9.59 Å². The lowest BCUT2D eigenvalue weighted by molar-refractivity contribution is -0.134. The average molecular weight is 396 g/mol. The van der Waals surface area contributed by atoms with Crippen molar-refractivity contribution in [2.75, 3.05) is 38.2 Å². The first-order valence-electron chi connectivity index (χ1n) is 10.0. The van der Waals surface area contributed by atoms with Crippen LogP contribution in [0.2, 0.25) is 0 Å². The second-order valence-corrected chi connectivity index (χ2v) is 7.55. The zero-order valence-corrected chi connectivity index (χ0v) is 17.3. The molecule has 3 rings (SSSR count). The van der Waals surface area contributed by atoms with Gasteiger partial charge in [0.25, 0.3) is 5.91 Å². The Kier molecular flexibility index (Phi) is 6.75. The summed E-state index contributed by atoms with van der Waals surface area (Å²) in [5, 5.41) is 2.93. The Balaban J connectivity index is 1.64. The zero-order chi connectivity index (χ0) is 20.8. The highest BCUT2D eigenvalue weighted by atomic mass is 16.5. The topological polar surface area (TPSA) is 61.9 Å². The minimum atomic E-state index is -0.541. The Morgan fingerprint density at radius 1 is 0.931 bits per heavy atom. The summed E-state index contributed by atoms with van der Waals surface area (Å²) in [6.45, 7) is 6.59. The fourth-order valence-corrected chi connectivity index (χ4v) is 3.58. The number of nitrogens with zero attached hydrogens (tertiary/aromatic N) is 2. The van der Waals surface area contributed by atoms with Gasteiger partial charge in [0.05, 0.1) is 12.8 Å². The van der Waals surface area contributed by atoms with Crippen LogP contribution in [0, 0.1) is 5.92 Å². The second kappa shape index (κ2) is 9.45. The number of carbonyl (C=O) groups is 2. The van der Waals surface area contributed by atoms with E-state index in [1.54, 1.807) is 19.2 Å². The Morgan fingerprint density at radius 3 is 2.17 bits per heavy atom. The van der Waals surface area contributed by atoms with Crippen LogP contribution in [-0.4, -0.2) is 56.0 Å². The molecule has 1 unspecified atom stereocenters. The smallest absolute Gasteiger partial charge is 0.251 e. The van der Waals surface area contributed by atoms with Crippen LogP contribution in [0.3, 0.4) is 0 Å². The second-order valence-electron chi connectivity index (χ2n) is 7.55. The molecule has 1 aliphatic heterocycles. The molecule has 1 heterocycles. The van der Waals surface area contributed by atoms with E-state index in [4.69, 9.17) is 4.74 Å². The van der Waals surface area contributed by atoms with Crippen molar-refractivity contribution in [3.05, 3.63) is 60.2 Å². The van der Waals surface area contributed by atoms with Crippen LogP contribution in [0.25, 0.3) is 0 Å². The van der Waals surface area contributed by atoms with Crippen molar-refractivity contribution >= 4 is 17.5 Å². The average Bonchev–Trinajstić information content (AvgIpc) is 2.77. The van der Waals surface area contributed by atoms with E-state index >= 15 is 0 Å². The van der Waals surface area contributed by atoms with Gasteiger partial charge < -0.3 is 19.9 Å². The molecule has 0 aromatic heterocycles. The van der Waals surface area contributed by atoms with Crippen molar-refractivity contribution in [3.8, 4) is 5.75 Å². The molecule has 0 saturated carbocycles. The quantitative estimate of drug-likeness (QED) is 0.817. The van der Waals surface area contributed by atoms with Crippen molar-refractivity contribution in [2.24, 2.45) is 5.92 Å². The number of hydrogen-bond donors (Lipinski definition) is 1. The minimum Gasteiger partial charge on any atom is -0.495 e. The largest absolute Gasteiger partial charge is 0.495 e. The molecule has 2 aromatic carbocycles. The molecule has 0 aliphatic carbocycles. The molecule has 2 aromatic rings. The summed E-state index contributed by atoms with van der Waals surface area (Å²) >= 11 is 0. The number of carbonyl (C=O) groups excluding carboxylic acids is 2. The normalized spacial score (nSPS) is 15.2. The molecule has 29 heavy (non-hydrogen) atoms. The molecule has 0 radical (unpaired) electrons. The van der Waals surface area contributed by atoms with Gasteiger partial charge in [0.15, 0.2) is 0 Å². The number of rotatable bonds is 6. The predicted octanol–water partition coefficient (Wildman–Crippen LogP) is 2.80. The summed E-state index contributed by atoms with van der Waals surface area (Å²) in [5.41, 5.74) is 1.60. The first-order valence-corrected chi connectivity index (χ1v) is 10.0. The third-order valence-corrected chi connectivity index (χ3v) is 5.27. The van der Waals surface area contributed by atoms with Crippen molar-refractivity contribution in [3.63, 3.8) is 0 Å². The summed E-state index contributed by atoms with van der Waals surface area (Å²) < 4.78 is 5.46. The van der Waals surface area contributed by atoms with Gasteiger partial charge in [0, 0.05) is 31.7 Å². The summed E-state index contributed by atoms with van der Waals surface area (Å²) in [6, 6.07) is 16.4. The van der Waals surface area contributed by atoms with Crippen molar-refractivity contribution < 1.29 is 14.3 Å². The van der Waals surface area contributed by atoms with Gasteiger partial charge in [-0.15, -0.1) is 0 Å². The molecule has 1 saturated heterocycles. The van der Waals surface area contributed by atoms with Crippen molar-refractivity contribution in [2.45, 2.75) is 19.9 Å². The molecule has 0 bridgehead atoms. The van der Waals surface area contributed by atoms with Gasteiger partial charge in [-0.2, -0.15) is 0 Å². The van der Waals surface area contributed by atoms with Crippen LogP contribution in [0.15, 0.2) is 54.6 Å². The lowest BCUT2D eigenvalue weighted by Gasteiger charge is -2.38. The number of ether oxygens (including phenoxy) is 1. The number of benzene rings is 2. The van der Waals surface area contributed by atoms with E-state index in [2.05, 4.69) is 10.2 Å². The Bertz CT molecular complexity index is 830. The first-order chi connectivity index (χ1) is 14.0. The van der Waals surface area contributed by atoms with E-state index < -0.39 is 6.04 Å². The Hall–Kier alpha value is -3.02. The maximum Gasteiger partial charge on any atom is 0.251 e. The number of para-hydroxylation sites is 2. The van der Waals surface area contributed by atoms with Crippen molar-refractivity contribution in [1.82, 2.24) is 10.2 Å². The highest BCUT2D eigenvalue weighted by molar-refractivity contribution is 5.97. The van der Waals surface area contributed by atoms with E-state index in [9.17, 15) is 9.59 Å². The summed E-state index contributed by atoms with van der Waals surface area (Å²) in [7, 11) is 1.67. The standard InChI is InChI=1S/C23H29N3O3/c1-17(2)21(24-22(27)18-9-5-4-6-10-18)23(28)26-15-13-25(14-16-26)19-11-7-8-12-20(19)29-3/h4-12,17,21H,13-16H2,1-3H3,(H,24,27). The molecular formula is C23H29N3O3. The maximum atomic E-state index is 13.1. The number of methoxy groups -OCH3 is 1. The Labute approximate surface area is 172 Å². The van der Waals surface area contributed by atoms with Crippen LogP contribution in [-0.2, 0) is 4.79 Å². The Morgan fingerprint density at radius 2 is 1.55 bits per heavy atom. The van der Waals surface area contributed by atoms with Crippen LogP contribution < -0.4 is 15.0 Å². The molecule has 154 valence electrons. The number of nitrogens with one attached hydrogen (secondary N) is 1. The van der Waals surface area contributed by atoms with Gasteiger partial charge >= 0.3 is 0 Å². The van der Waals surface area contributed by atoms with E-state index in [1.807, 2.05) is 61.2 Å². The van der Waals surface area contributed by atoms with Gasteiger partial charge in [0.2, 0.25) is 5.91 Å². The van der Waals surface area contributed by atoms with Crippen LogP contribution in [0.4, 0.5) is 5.69 Å². The van der Waals surface area contributed by atoms with Gasteiger partial charge in [-0.05, 0) is 30.2 Å². The van der Waals surface area contributed by atoms with Gasteiger partial charge in [-0.25, -0.2) is 0 Å². The molecule has 6 nitrogen and oxygen atoms in total. The van der Waals surface area contributed by atoms with E-state index in [-0.39, 0.29) is 17.7 Å². The van der Waals surface area contributed by atoms with Crippen LogP contribution in [0.1, 0.15) is 24.2 Å². The monoisotopic (exact) mass is 395 g/mol. The lowest BCUT2D eigenvalue weighted by atomic mass is 10.0. The highest BCUT2D eigenvalue weighted by Crippen LogP contribution is 2.28. The summed E-state index contributed by atoms with van der Waals surface area (Å²) in [6.07, 6.45) is 0. The zero-order valence-electron chi connectivity index (χ0n) is 17.3. The van der Waals surface area contributed by atoms with Crippen LogP contribution >= 0.6 is 0 Å². The van der Waals surface area contributed by atoms with Gasteiger partial charge in [-0.1, -0.05) is 44.2 Å². The third-order valence-electron chi connectivity index (χ3n) is 5.27. The van der Waals surface area contributed by atoms with Crippen LogP contribution in [0.5, 0.6) is 5.75 Å². The summed E-state index contributed by atoms with van der Waals surface area (Å²) in [5.74, 6) is 0.596. The fraction of sp³-hybridized carbons (Fsp3) is 0.391. The van der Waals surface area contributed by atoms with Gasteiger partial charge in [0.1, 0.15) is 11.8 Å². The van der Waals surface area contributed by atoms with E-state index in [1.165, 1.54) is 0 Å². The maximum absolute atomic E-state index is 13.1. The summed E-state index contributed by atoms with van der Waals surface area (Å²) in [4.78, 5) is 29.8. The predicted molar refractivity (Wildman–Crippen MR) is 114 cm³/mol. The first kappa shape index (κ1) is 20.7. The highest BCUT2D eigenvalue weighted by Gasteiger charge is 2.31. The number of amides is 2. The molecule has 1 atom stereocenters. The molecule has 1 N–H and O–H groups in total. The van der Waals surface area contributed by atoms with Crippen molar-refractivity contribution in [1.29, 1.82) is 0 Å². The molecule has 1 aliphatic rings. The van der Waals surface area contributed by atoms with E-state index in [0.29, 0.717) is 18.7 Å². The SMILES string of the molecule is COc1ccccc1N1CCN(C(=O)C(NC(=O)c2ccccc2)C(C)C)CC1. The molecule has 6 heteroatoms. The fourth-order valence-electron chi connectivity index (χ4n) is 3.58. The lowest BCUT2D eigenvalue weighted by Crippen LogP contribution is -2.56. The molecular weight excluding hydrogens is 366 g/mol. The number of hydrogen-bond acceptors (Lipinski definition) is 4. The minimum absolute atomic E-state index is 0.00223. The molecule has 0 spiro atoms. The molecule has 2 amide bonds. The number of piperazine rings is 1. The molecule has 1 fully saturated rings. The third kappa shape index (κ3) is 4.88. The van der Waals surface area contributed by atoms with E-state index in [0.717, 1.165) is 24.5 Å².